The summed E-state index contributed by atoms with van der Waals surface area (Å²) in [6, 6.07) is 3.12. The molecule has 3 aromatic heterocycles. The first-order valence-corrected chi connectivity index (χ1v) is 12.4. The summed E-state index contributed by atoms with van der Waals surface area (Å²) in [7, 11) is 0. The molecule has 4 rings (SSSR count). The molecule has 1 atom stereocenters. The number of rotatable bonds is 7. The van der Waals surface area contributed by atoms with Gasteiger partial charge in [-0.3, -0.25) is 4.79 Å². The van der Waals surface area contributed by atoms with Crippen LogP contribution in [0.1, 0.15) is 20.3 Å². The first-order valence-electron chi connectivity index (χ1n) is 9.67. The van der Waals surface area contributed by atoms with Gasteiger partial charge in [-0.05, 0) is 24.8 Å². The molecule has 2 amide bonds. The standard InChI is InChI=1S/C20H20N4O4S3/c1-3-11-15(18(26)28-4-2)12(22-19(27)21-11)9-31-20-23-16(25)14-10(8-30-17(14)24-20)13-6-5-7-29-13/h5-8,11H,3-4,9H2,1-2H3,(H2,21,22,27)(H,23,24,25)/t11-/m1/s1. The van der Waals surface area contributed by atoms with Crippen molar-refractivity contribution in [3.63, 3.8) is 0 Å². The lowest BCUT2D eigenvalue weighted by atomic mass is 10.0. The topological polar surface area (TPSA) is 113 Å². The quantitative estimate of drug-likeness (QED) is 0.272. The van der Waals surface area contributed by atoms with Crippen LogP contribution < -0.4 is 16.2 Å². The summed E-state index contributed by atoms with van der Waals surface area (Å²) in [5.74, 6) is -0.205. The molecule has 0 fully saturated rings. The van der Waals surface area contributed by atoms with Gasteiger partial charge < -0.3 is 20.4 Å². The molecule has 0 aromatic carbocycles. The van der Waals surface area contributed by atoms with Crippen molar-refractivity contribution in [2.75, 3.05) is 12.4 Å². The highest BCUT2D eigenvalue weighted by atomic mass is 32.2. The van der Waals surface area contributed by atoms with Gasteiger partial charge in [0.05, 0.1) is 23.6 Å². The first kappa shape index (κ1) is 21.6. The number of hydrogen-bond donors (Lipinski definition) is 3. The lowest BCUT2D eigenvalue weighted by Gasteiger charge is -2.28. The number of carbonyl (C=O) groups excluding carboxylic acids is 2. The monoisotopic (exact) mass is 476 g/mol. The summed E-state index contributed by atoms with van der Waals surface area (Å²) < 4.78 is 5.18. The lowest BCUT2D eigenvalue weighted by Crippen LogP contribution is -2.50. The van der Waals surface area contributed by atoms with E-state index < -0.39 is 12.0 Å². The smallest absolute Gasteiger partial charge is 0.337 e. The molecule has 0 unspecified atom stereocenters. The van der Waals surface area contributed by atoms with Crippen molar-refractivity contribution in [2.24, 2.45) is 0 Å². The Bertz CT molecular complexity index is 1210. The number of aromatic amines is 1. The van der Waals surface area contributed by atoms with Crippen molar-refractivity contribution in [1.29, 1.82) is 0 Å². The molecule has 31 heavy (non-hydrogen) atoms. The van der Waals surface area contributed by atoms with Gasteiger partial charge in [-0.1, -0.05) is 24.8 Å². The zero-order valence-electron chi connectivity index (χ0n) is 16.8. The van der Waals surface area contributed by atoms with Crippen LogP contribution in [0, 0.1) is 0 Å². The molecule has 1 aliphatic heterocycles. The van der Waals surface area contributed by atoms with Gasteiger partial charge in [0.15, 0.2) is 5.16 Å². The van der Waals surface area contributed by atoms with Gasteiger partial charge >= 0.3 is 12.0 Å². The van der Waals surface area contributed by atoms with E-state index in [2.05, 4.69) is 20.6 Å². The Morgan fingerprint density at radius 3 is 2.84 bits per heavy atom. The molecule has 3 aromatic rings. The number of amides is 2. The van der Waals surface area contributed by atoms with Gasteiger partial charge in [-0.2, -0.15) is 0 Å². The van der Waals surface area contributed by atoms with Crippen LogP contribution in [0.5, 0.6) is 0 Å². The maximum absolute atomic E-state index is 12.8. The second-order valence-electron chi connectivity index (χ2n) is 6.64. The van der Waals surface area contributed by atoms with Gasteiger partial charge in [0, 0.05) is 27.3 Å². The molecular formula is C20H20N4O4S3. The van der Waals surface area contributed by atoms with Crippen LogP contribution in [0.2, 0.25) is 0 Å². The number of nitrogens with one attached hydrogen (secondary N) is 3. The van der Waals surface area contributed by atoms with Crippen LogP contribution in [0.25, 0.3) is 20.7 Å². The molecule has 0 bridgehead atoms. The number of thioether (sulfide) groups is 1. The van der Waals surface area contributed by atoms with Crippen molar-refractivity contribution in [1.82, 2.24) is 20.6 Å². The van der Waals surface area contributed by atoms with Gasteiger partial charge in [-0.15, -0.1) is 22.7 Å². The van der Waals surface area contributed by atoms with Crippen LogP contribution in [0.15, 0.2) is 44.1 Å². The van der Waals surface area contributed by atoms with E-state index in [4.69, 9.17) is 4.74 Å². The van der Waals surface area contributed by atoms with E-state index in [-0.39, 0.29) is 24.0 Å². The molecule has 8 nitrogen and oxygen atoms in total. The van der Waals surface area contributed by atoms with Crippen LogP contribution in [0.4, 0.5) is 4.79 Å². The summed E-state index contributed by atoms with van der Waals surface area (Å²) in [5, 5.41) is 10.4. The predicted octanol–water partition coefficient (Wildman–Crippen LogP) is 3.71. The largest absolute Gasteiger partial charge is 0.463 e. The second kappa shape index (κ2) is 9.25. The third-order valence-corrected chi connectivity index (χ3v) is 7.38. The highest BCUT2D eigenvalue weighted by Crippen LogP contribution is 2.34. The Balaban J connectivity index is 1.63. The number of thiophene rings is 2. The summed E-state index contributed by atoms with van der Waals surface area (Å²) in [6.45, 7) is 3.86. The van der Waals surface area contributed by atoms with Gasteiger partial charge in [-0.25, -0.2) is 14.6 Å². The van der Waals surface area contributed by atoms with E-state index in [1.54, 1.807) is 18.3 Å². The van der Waals surface area contributed by atoms with E-state index in [1.165, 1.54) is 23.1 Å². The minimum Gasteiger partial charge on any atom is -0.463 e. The minimum absolute atomic E-state index is 0.211. The van der Waals surface area contributed by atoms with Crippen molar-refractivity contribution < 1.29 is 14.3 Å². The molecule has 162 valence electrons. The van der Waals surface area contributed by atoms with Crippen molar-refractivity contribution >= 4 is 56.7 Å². The Labute approximate surface area is 190 Å². The summed E-state index contributed by atoms with van der Waals surface area (Å²) in [4.78, 5) is 46.4. The predicted molar refractivity (Wildman–Crippen MR) is 124 cm³/mol. The number of ether oxygens (including phenoxy) is 1. The molecule has 0 saturated carbocycles. The summed E-state index contributed by atoms with van der Waals surface area (Å²) in [6.07, 6.45) is 0.553. The number of carbonyl (C=O) groups is 2. The number of nitrogens with zero attached hydrogens (tertiary/aromatic N) is 1. The molecule has 0 radical (unpaired) electrons. The SMILES string of the molecule is CCOC(=O)C1=C(CSc2nc3scc(-c4cccs4)c3c(=O)[nH]2)NC(=O)N[C@@H]1CC. The molecule has 0 spiro atoms. The number of hydrogen-bond acceptors (Lipinski definition) is 8. The molecule has 0 aliphatic carbocycles. The van der Waals surface area contributed by atoms with Crippen LogP contribution in [-0.2, 0) is 9.53 Å². The van der Waals surface area contributed by atoms with Gasteiger partial charge in [0.2, 0.25) is 0 Å². The number of aromatic nitrogens is 2. The first-order chi connectivity index (χ1) is 15.0. The maximum atomic E-state index is 12.8. The lowest BCUT2D eigenvalue weighted by molar-refractivity contribution is -0.139. The second-order valence-corrected chi connectivity index (χ2v) is 9.41. The zero-order chi connectivity index (χ0) is 22.0. The fraction of sp³-hybridized carbons (Fsp3) is 0.300. The molecule has 3 N–H and O–H groups in total. The van der Waals surface area contributed by atoms with E-state index in [0.29, 0.717) is 33.1 Å². The fourth-order valence-corrected chi connectivity index (χ4v) is 5.98. The zero-order valence-corrected chi connectivity index (χ0v) is 19.3. The third kappa shape index (κ3) is 4.39. The number of esters is 1. The molecule has 0 saturated heterocycles. The van der Waals surface area contributed by atoms with E-state index in [1.807, 2.05) is 29.8 Å². The minimum atomic E-state index is -0.465. The Morgan fingerprint density at radius 1 is 1.29 bits per heavy atom. The Morgan fingerprint density at radius 2 is 2.13 bits per heavy atom. The molecular weight excluding hydrogens is 456 g/mol. The molecule has 4 heterocycles. The van der Waals surface area contributed by atoms with Crippen LogP contribution in [0.3, 0.4) is 0 Å². The number of urea groups is 1. The van der Waals surface area contributed by atoms with Crippen molar-refractivity contribution in [3.8, 4) is 10.4 Å². The summed E-state index contributed by atoms with van der Waals surface area (Å²) in [5.41, 5.74) is 1.53. The van der Waals surface area contributed by atoms with Crippen molar-refractivity contribution in [2.45, 2.75) is 31.5 Å². The Hall–Kier alpha value is -2.63. The third-order valence-electron chi connectivity index (χ3n) is 4.71. The molecule has 11 heteroatoms. The number of fused-ring (bicyclic) bond motifs is 1. The van der Waals surface area contributed by atoms with Crippen LogP contribution >= 0.6 is 34.4 Å². The molecule has 1 aliphatic rings. The summed E-state index contributed by atoms with van der Waals surface area (Å²) >= 11 is 4.24. The van der Waals surface area contributed by atoms with Gasteiger partial charge in [0.1, 0.15) is 4.83 Å². The van der Waals surface area contributed by atoms with E-state index >= 15 is 0 Å². The van der Waals surface area contributed by atoms with Crippen molar-refractivity contribution in [3.05, 3.63) is 44.5 Å². The Kier molecular flexibility index (Phi) is 6.44. The van der Waals surface area contributed by atoms with E-state index in [9.17, 15) is 14.4 Å². The van der Waals surface area contributed by atoms with Crippen LogP contribution in [-0.4, -0.2) is 40.4 Å². The van der Waals surface area contributed by atoms with E-state index in [0.717, 1.165) is 10.4 Å². The average molecular weight is 477 g/mol. The highest BCUT2D eigenvalue weighted by Gasteiger charge is 2.31. The normalized spacial score (nSPS) is 16.3. The maximum Gasteiger partial charge on any atom is 0.337 e. The highest BCUT2D eigenvalue weighted by molar-refractivity contribution is 7.99. The fourth-order valence-electron chi connectivity index (χ4n) is 3.33. The van der Waals surface area contributed by atoms with Gasteiger partial charge in [0.25, 0.3) is 5.56 Å². The number of H-pyrrole nitrogens is 1. The average Bonchev–Trinajstić information content (AvgIpc) is 3.41.